The van der Waals surface area contributed by atoms with Crippen LogP contribution in [0.15, 0.2) is 0 Å². The molecule has 0 aromatic rings. The molecular formula is C13H24N2O. The molecule has 2 aliphatic carbocycles. The third kappa shape index (κ3) is 2.57. The molecular weight excluding hydrogens is 200 g/mol. The van der Waals surface area contributed by atoms with Crippen molar-refractivity contribution < 1.29 is 4.79 Å². The maximum Gasteiger partial charge on any atom is 0.223 e. The molecule has 3 heteroatoms. The van der Waals surface area contributed by atoms with Crippen LogP contribution in [0.3, 0.4) is 0 Å². The first-order valence-corrected chi connectivity index (χ1v) is 6.62. The number of hydrogen-bond donors (Lipinski definition) is 2. The van der Waals surface area contributed by atoms with Gasteiger partial charge in [0, 0.05) is 18.0 Å². The molecule has 92 valence electrons. The molecule has 2 saturated carbocycles. The Bertz CT molecular complexity index is 265. The summed E-state index contributed by atoms with van der Waals surface area (Å²) in [6.07, 6.45) is 5.90. The Morgan fingerprint density at radius 2 is 2.12 bits per heavy atom. The second-order valence-corrected chi connectivity index (χ2v) is 5.90. The van der Waals surface area contributed by atoms with E-state index in [4.69, 9.17) is 5.73 Å². The predicted octanol–water partition coefficient (Wildman–Crippen LogP) is 1.66. The Labute approximate surface area is 98.2 Å². The van der Waals surface area contributed by atoms with Gasteiger partial charge in [0.2, 0.25) is 5.91 Å². The van der Waals surface area contributed by atoms with Crippen molar-refractivity contribution >= 4 is 5.91 Å². The van der Waals surface area contributed by atoms with Crippen molar-refractivity contribution in [2.45, 2.75) is 58.0 Å². The van der Waals surface area contributed by atoms with Crippen LogP contribution < -0.4 is 11.1 Å². The van der Waals surface area contributed by atoms with Crippen LogP contribution in [0.5, 0.6) is 0 Å². The summed E-state index contributed by atoms with van der Waals surface area (Å²) in [6.45, 7) is 4.04. The molecule has 1 amide bonds. The molecule has 3 N–H and O–H groups in total. The molecule has 0 spiro atoms. The molecule has 0 heterocycles. The molecule has 5 atom stereocenters. The van der Waals surface area contributed by atoms with Gasteiger partial charge in [-0.2, -0.15) is 0 Å². The highest BCUT2D eigenvalue weighted by atomic mass is 16.2. The van der Waals surface area contributed by atoms with E-state index < -0.39 is 0 Å². The summed E-state index contributed by atoms with van der Waals surface area (Å²) in [7, 11) is 0. The number of carbonyl (C=O) groups is 1. The van der Waals surface area contributed by atoms with Crippen LogP contribution in [-0.4, -0.2) is 18.0 Å². The van der Waals surface area contributed by atoms with Crippen molar-refractivity contribution in [2.75, 3.05) is 0 Å². The van der Waals surface area contributed by atoms with E-state index in [-0.39, 0.29) is 18.0 Å². The van der Waals surface area contributed by atoms with Gasteiger partial charge in [0.25, 0.3) is 0 Å². The Kier molecular flexibility index (Phi) is 3.53. The first-order valence-electron chi connectivity index (χ1n) is 6.62. The molecule has 5 unspecified atom stereocenters. The quantitative estimate of drug-likeness (QED) is 0.763. The maximum absolute atomic E-state index is 12.1. The highest BCUT2D eigenvalue weighted by molar-refractivity contribution is 5.79. The largest absolute Gasteiger partial charge is 0.353 e. The summed E-state index contributed by atoms with van der Waals surface area (Å²) in [4.78, 5) is 12.1. The molecule has 0 aromatic carbocycles. The van der Waals surface area contributed by atoms with Gasteiger partial charge in [-0.3, -0.25) is 4.79 Å². The zero-order valence-corrected chi connectivity index (χ0v) is 10.4. The van der Waals surface area contributed by atoms with Crippen LogP contribution in [0.25, 0.3) is 0 Å². The number of fused-ring (bicyclic) bond motifs is 2. The molecule has 3 nitrogen and oxygen atoms in total. The summed E-state index contributed by atoms with van der Waals surface area (Å²) in [5.74, 6) is 2.09. The Hall–Kier alpha value is -0.570. The molecule has 2 rings (SSSR count). The third-order valence-corrected chi connectivity index (χ3v) is 4.19. The third-order valence-electron chi connectivity index (χ3n) is 4.19. The maximum atomic E-state index is 12.1. The van der Waals surface area contributed by atoms with Crippen LogP contribution in [0.2, 0.25) is 0 Å². The van der Waals surface area contributed by atoms with Crippen LogP contribution in [0.1, 0.15) is 46.0 Å². The number of nitrogens with two attached hydrogens (primary N) is 1. The van der Waals surface area contributed by atoms with E-state index in [0.29, 0.717) is 11.8 Å². The van der Waals surface area contributed by atoms with Crippen molar-refractivity contribution in [1.29, 1.82) is 0 Å². The molecule has 0 saturated heterocycles. The van der Waals surface area contributed by atoms with Crippen molar-refractivity contribution in [2.24, 2.45) is 23.5 Å². The molecule has 2 fully saturated rings. The summed E-state index contributed by atoms with van der Waals surface area (Å²) >= 11 is 0. The molecule has 2 aliphatic rings. The average molecular weight is 224 g/mol. The topological polar surface area (TPSA) is 55.1 Å². The van der Waals surface area contributed by atoms with Crippen LogP contribution in [0.4, 0.5) is 0 Å². The standard InChI is InChI=1S/C13H24N2O/c1-8(14)5-9(2)15-13(16)12-7-10-3-4-11(12)6-10/h8-12H,3-7,14H2,1-2H3,(H,15,16). The van der Waals surface area contributed by atoms with Crippen molar-refractivity contribution in [3.05, 3.63) is 0 Å². The van der Waals surface area contributed by atoms with Crippen LogP contribution >= 0.6 is 0 Å². The van der Waals surface area contributed by atoms with Crippen molar-refractivity contribution in [3.8, 4) is 0 Å². The summed E-state index contributed by atoms with van der Waals surface area (Å²) in [5, 5.41) is 3.12. The number of hydrogen-bond acceptors (Lipinski definition) is 2. The lowest BCUT2D eigenvalue weighted by molar-refractivity contribution is -0.127. The predicted molar refractivity (Wildman–Crippen MR) is 64.8 cm³/mol. The summed E-state index contributed by atoms with van der Waals surface area (Å²) < 4.78 is 0. The van der Waals surface area contributed by atoms with Gasteiger partial charge < -0.3 is 11.1 Å². The fourth-order valence-electron chi connectivity index (χ4n) is 3.53. The molecule has 0 radical (unpaired) electrons. The van der Waals surface area contributed by atoms with Gasteiger partial charge in [-0.15, -0.1) is 0 Å². The van der Waals surface area contributed by atoms with Gasteiger partial charge in [0.15, 0.2) is 0 Å². The highest BCUT2D eigenvalue weighted by Gasteiger charge is 2.43. The molecule has 0 aliphatic heterocycles. The van der Waals surface area contributed by atoms with E-state index in [0.717, 1.165) is 18.8 Å². The van der Waals surface area contributed by atoms with E-state index in [2.05, 4.69) is 12.2 Å². The second kappa shape index (κ2) is 4.74. The van der Waals surface area contributed by atoms with E-state index in [1.807, 2.05) is 6.92 Å². The minimum Gasteiger partial charge on any atom is -0.353 e. The van der Waals surface area contributed by atoms with E-state index >= 15 is 0 Å². The minimum absolute atomic E-state index is 0.162. The van der Waals surface area contributed by atoms with Crippen molar-refractivity contribution in [3.63, 3.8) is 0 Å². The fourth-order valence-corrected chi connectivity index (χ4v) is 3.53. The first kappa shape index (κ1) is 11.9. The highest BCUT2D eigenvalue weighted by Crippen LogP contribution is 2.48. The monoisotopic (exact) mass is 224 g/mol. The van der Waals surface area contributed by atoms with E-state index in [9.17, 15) is 4.79 Å². The van der Waals surface area contributed by atoms with Crippen molar-refractivity contribution in [1.82, 2.24) is 5.32 Å². The van der Waals surface area contributed by atoms with Gasteiger partial charge in [0.05, 0.1) is 0 Å². The minimum atomic E-state index is 0.162. The van der Waals surface area contributed by atoms with Crippen LogP contribution in [0, 0.1) is 17.8 Å². The zero-order chi connectivity index (χ0) is 11.7. The molecule has 16 heavy (non-hydrogen) atoms. The SMILES string of the molecule is CC(N)CC(C)NC(=O)C1CC2CCC1C2. The van der Waals surface area contributed by atoms with Gasteiger partial charge in [0.1, 0.15) is 0 Å². The lowest BCUT2D eigenvalue weighted by Crippen LogP contribution is -2.41. The smallest absolute Gasteiger partial charge is 0.223 e. The Morgan fingerprint density at radius 1 is 1.38 bits per heavy atom. The fraction of sp³-hybridized carbons (Fsp3) is 0.923. The van der Waals surface area contributed by atoms with E-state index in [1.54, 1.807) is 0 Å². The zero-order valence-electron chi connectivity index (χ0n) is 10.4. The molecule has 0 aromatic heterocycles. The van der Waals surface area contributed by atoms with E-state index in [1.165, 1.54) is 19.3 Å². The summed E-state index contributed by atoms with van der Waals surface area (Å²) in [5.41, 5.74) is 5.73. The van der Waals surface area contributed by atoms with Gasteiger partial charge in [-0.1, -0.05) is 6.42 Å². The van der Waals surface area contributed by atoms with Gasteiger partial charge in [-0.25, -0.2) is 0 Å². The average Bonchev–Trinajstić information content (AvgIpc) is 2.76. The number of nitrogens with one attached hydrogen (secondary N) is 1. The summed E-state index contributed by atoms with van der Waals surface area (Å²) in [6, 6.07) is 0.377. The molecule has 2 bridgehead atoms. The first-order chi connectivity index (χ1) is 7.56. The number of carbonyl (C=O) groups excluding carboxylic acids is 1. The lowest BCUT2D eigenvalue weighted by Gasteiger charge is -2.24. The number of amides is 1. The lowest BCUT2D eigenvalue weighted by atomic mass is 9.88. The Balaban J connectivity index is 1.80. The van der Waals surface area contributed by atoms with Gasteiger partial charge in [-0.05, 0) is 51.4 Å². The normalized spacial score (nSPS) is 36.1. The van der Waals surface area contributed by atoms with Crippen LogP contribution in [-0.2, 0) is 4.79 Å². The van der Waals surface area contributed by atoms with Gasteiger partial charge >= 0.3 is 0 Å². The second-order valence-electron chi connectivity index (χ2n) is 5.90. The number of rotatable bonds is 4. The Morgan fingerprint density at radius 3 is 2.62 bits per heavy atom.